The molecule has 0 saturated heterocycles. The maximum absolute atomic E-state index is 12.7. The van der Waals surface area contributed by atoms with Crippen molar-refractivity contribution in [2.75, 3.05) is 0 Å². The highest BCUT2D eigenvalue weighted by molar-refractivity contribution is 5.82. The summed E-state index contributed by atoms with van der Waals surface area (Å²) >= 11 is 0. The molecule has 2 nitrogen and oxygen atoms in total. The number of hydrogen-bond donors (Lipinski definition) is 1. The highest BCUT2D eigenvalue weighted by atomic mass is 19.4. The molecule has 0 heterocycles. The average molecular weight is 272 g/mol. The molecule has 1 aliphatic rings. The summed E-state index contributed by atoms with van der Waals surface area (Å²) in [6.45, 7) is 1.79. The van der Waals surface area contributed by atoms with Crippen LogP contribution in [0, 0.1) is 5.92 Å². The molecule has 0 radical (unpaired) electrons. The summed E-state index contributed by atoms with van der Waals surface area (Å²) in [6.07, 6.45) is -2.60. The van der Waals surface area contributed by atoms with E-state index in [0.29, 0.717) is 6.42 Å². The summed E-state index contributed by atoms with van der Waals surface area (Å²) in [4.78, 5) is 11.6. The van der Waals surface area contributed by atoms with Gasteiger partial charge in [0.05, 0.1) is 11.0 Å². The SMILES string of the molecule is CC1CCCC1(C(=O)O)c1cccc(C(F)(F)F)c1. The lowest BCUT2D eigenvalue weighted by Gasteiger charge is -2.30. The van der Waals surface area contributed by atoms with E-state index in [-0.39, 0.29) is 11.5 Å². The van der Waals surface area contributed by atoms with Gasteiger partial charge in [0.1, 0.15) is 0 Å². The Balaban J connectivity index is 2.53. The first-order valence-electron chi connectivity index (χ1n) is 6.19. The van der Waals surface area contributed by atoms with Crippen LogP contribution in [0.1, 0.15) is 37.3 Å². The minimum absolute atomic E-state index is 0.159. The second-order valence-corrected chi connectivity index (χ2v) is 5.15. The number of rotatable bonds is 2. The molecule has 2 unspecified atom stereocenters. The smallest absolute Gasteiger partial charge is 0.416 e. The van der Waals surface area contributed by atoms with Crippen LogP contribution in [0.3, 0.4) is 0 Å². The molecule has 2 atom stereocenters. The average Bonchev–Trinajstić information content (AvgIpc) is 2.71. The number of benzene rings is 1. The van der Waals surface area contributed by atoms with Gasteiger partial charge in [0, 0.05) is 0 Å². The summed E-state index contributed by atoms with van der Waals surface area (Å²) in [5.74, 6) is -1.19. The first-order valence-corrected chi connectivity index (χ1v) is 6.19. The zero-order valence-electron chi connectivity index (χ0n) is 10.5. The van der Waals surface area contributed by atoms with E-state index in [1.54, 1.807) is 6.92 Å². The standard InChI is InChI=1S/C14H15F3O2/c1-9-4-3-7-13(9,12(18)19)10-5-2-6-11(8-10)14(15,16)17/h2,5-6,8-9H,3-4,7H2,1H3,(H,18,19). The topological polar surface area (TPSA) is 37.3 Å². The van der Waals surface area contributed by atoms with Gasteiger partial charge < -0.3 is 5.11 Å². The molecule has 0 aromatic heterocycles. The lowest BCUT2D eigenvalue weighted by Crippen LogP contribution is -2.38. The highest BCUT2D eigenvalue weighted by Crippen LogP contribution is 2.46. The molecular weight excluding hydrogens is 257 g/mol. The lowest BCUT2D eigenvalue weighted by atomic mass is 9.72. The molecular formula is C14H15F3O2. The molecule has 104 valence electrons. The zero-order valence-corrected chi connectivity index (χ0v) is 10.5. The van der Waals surface area contributed by atoms with Crippen LogP contribution < -0.4 is 0 Å². The van der Waals surface area contributed by atoms with Crippen molar-refractivity contribution in [3.8, 4) is 0 Å². The fourth-order valence-electron chi connectivity index (χ4n) is 3.02. The van der Waals surface area contributed by atoms with Gasteiger partial charge in [-0.05, 0) is 30.4 Å². The van der Waals surface area contributed by atoms with Crippen molar-refractivity contribution < 1.29 is 23.1 Å². The van der Waals surface area contributed by atoms with Crippen LogP contribution >= 0.6 is 0 Å². The number of carboxylic acids is 1. The fraction of sp³-hybridized carbons (Fsp3) is 0.500. The van der Waals surface area contributed by atoms with Gasteiger partial charge in [0.2, 0.25) is 0 Å². The van der Waals surface area contributed by atoms with Crippen LogP contribution in [0.4, 0.5) is 13.2 Å². The van der Waals surface area contributed by atoms with Gasteiger partial charge in [-0.25, -0.2) is 0 Å². The summed E-state index contributed by atoms with van der Waals surface area (Å²) in [6, 6.07) is 4.73. The Labute approximate surface area is 109 Å². The van der Waals surface area contributed by atoms with Gasteiger partial charge in [-0.3, -0.25) is 4.79 Å². The maximum Gasteiger partial charge on any atom is 0.416 e. The minimum Gasteiger partial charge on any atom is -0.481 e. The van der Waals surface area contributed by atoms with E-state index in [1.807, 2.05) is 0 Å². The Hall–Kier alpha value is -1.52. The van der Waals surface area contributed by atoms with Crippen molar-refractivity contribution in [3.63, 3.8) is 0 Å². The van der Waals surface area contributed by atoms with Crippen LogP contribution in [-0.4, -0.2) is 11.1 Å². The number of carboxylic acid groups (broad SMARTS) is 1. The molecule has 2 rings (SSSR count). The molecule has 0 spiro atoms. The molecule has 1 aromatic carbocycles. The molecule has 1 aromatic rings. The zero-order chi connectivity index (χ0) is 14.3. The van der Waals surface area contributed by atoms with E-state index in [0.717, 1.165) is 25.0 Å². The Bertz CT molecular complexity index is 496. The number of aliphatic carboxylic acids is 1. The number of hydrogen-bond acceptors (Lipinski definition) is 1. The van der Waals surface area contributed by atoms with Crippen molar-refractivity contribution in [1.29, 1.82) is 0 Å². The Kier molecular flexibility index (Phi) is 3.32. The minimum atomic E-state index is -4.45. The van der Waals surface area contributed by atoms with Crippen molar-refractivity contribution in [2.24, 2.45) is 5.92 Å². The van der Waals surface area contributed by atoms with Crippen molar-refractivity contribution in [3.05, 3.63) is 35.4 Å². The molecule has 1 N–H and O–H groups in total. The van der Waals surface area contributed by atoms with Gasteiger partial charge in [-0.2, -0.15) is 13.2 Å². The highest BCUT2D eigenvalue weighted by Gasteiger charge is 2.49. The fourth-order valence-corrected chi connectivity index (χ4v) is 3.02. The van der Waals surface area contributed by atoms with Crippen LogP contribution in [0.25, 0.3) is 0 Å². The second kappa shape index (κ2) is 4.54. The Morgan fingerprint density at radius 3 is 2.58 bits per heavy atom. The number of halogens is 3. The monoisotopic (exact) mass is 272 g/mol. The first-order chi connectivity index (χ1) is 8.78. The maximum atomic E-state index is 12.7. The van der Waals surface area contributed by atoms with Crippen molar-refractivity contribution in [2.45, 2.75) is 37.8 Å². The summed E-state index contributed by atoms with van der Waals surface area (Å²) in [5, 5.41) is 9.50. The number of carbonyl (C=O) groups is 1. The molecule has 5 heteroatoms. The largest absolute Gasteiger partial charge is 0.481 e. The Morgan fingerprint density at radius 2 is 2.11 bits per heavy atom. The lowest BCUT2D eigenvalue weighted by molar-refractivity contribution is -0.145. The van der Waals surface area contributed by atoms with Gasteiger partial charge >= 0.3 is 12.1 Å². The molecule has 0 aliphatic heterocycles. The molecule has 19 heavy (non-hydrogen) atoms. The second-order valence-electron chi connectivity index (χ2n) is 5.15. The van der Waals surface area contributed by atoms with Crippen molar-refractivity contribution >= 4 is 5.97 Å². The summed E-state index contributed by atoms with van der Waals surface area (Å²) in [7, 11) is 0. The van der Waals surface area contributed by atoms with Gasteiger partial charge in [0.15, 0.2) is 0 Å². The predicted octanol–water partition coefficient (Wildman–Crippen LogP) is 3.85. The number of alkyl halides is 3. The molecule has 1 fully saturated rings. The van der Waals surface area contributed by atoms with Crippen molar-refractivity contribution in [1.82, 2.24) is 0 Å². The van der Waals surface area contributed by atoms with Gasteiger partial charge in [-0.15, -0.1) is 0 Å². The molecule has 0 amide bonds. The first kappa shape index (κ1) is 13.9. The van der Waals surface area contributed by atoms with Crippen LogP contribution in [0.5, 0.6) is 0 Å². The van der Waals surface area contributed by atoms with Crippen LogP contribution in [0.2, 0.25) is 0 Å². The molecule has 0 bridgehead atoms. The third-order valence-electron chi connectivity index (χ3n) is 4.14. The van der Waals surface area contributed by atoms with Crippen LogP contribution in [-0.2, 0) is 16.4 Å². The predicted molar refractivity (Wildman–Crippen MR) is 63.8 cm³/mol. The quantitative estimate of drug-likeness (QED) is 0.888. The van der Waals surface area contributed by atoms with E-state index < -0.39 is 23.1 Å². The molecule has 1 saturated carbocycles. The van der Waals surface area contributed by atoms with E-state index in [1.165, 1.54) is 12.1 Å². The van der Waals surface area contributed by atoms with Gasteiger partial charge in [-0.1, -0.05) is 31.5 Å². The third kappa shape index (κ3) is 2.22. The Morgan fingerprint density at radius 1 is 1.42 bits per heavy atom. The van der Waals surface area contributed by atoms with E-state index in [2.05, 4.69) is 0 Å². The van der Waals surface area contributed by atoms with Gasteiger partial charge in [0.25, 0.3) is 0 Å². The van der Waals surface area contributed by atoms with E-state index >= 15 is 0 Å². The van der Waals surface area contributed by atoms with Crippen LogP contribution in [0.15, 0.2) is 24.3 Å². The van der Waals surface area contributed by atoms with E-state index in [4.69, 9.17) is 0 Å². The summed E-state index contributed by atoms with van der Waals surface area (Å²) in [5.41, 5.74) is -1.70. The summed E-state index contributed by atoms with van der Waals surface area (Å²) < 4.78 is 38.2. The normalized spacial score (nSPS) is 27.5. The molecule has 1 aliphatic carbocycles. The third-order valence-corrected chi connectivity index (χ3v) is 4.14. The van der Waals surface area contributed by atoms with E-state index in [9.17, 15) is 23.1 Å².